The maximum atomic E-state index is 12.7. The van der Waals surface area contributed by atoms with E-state index in [1.165, 1.54) is 16.7 Å². The van der Waals surface area contributed by atoms with Crippen molar-refractivity contribution in [1.82, 2.24) is 5.32 Å². The van der Waals surface area contributed by atoms with Crippen molar-refractivity contribution in [1.29, 1.82) is 0 Å². The zero-order chi connectivity index (χ0) is 19.9. The van der Waals surface area contributed by atoms with Crippen LogP contribution in [0.1, 0.15) is 41.1 Å². The molecule has 1 amide bonds. The number of rotatable bonds is 7. The van der Waals surface area contributed by atoms with Crippen LogP contribution in [0.5, 0.6) is 0 Å². The molecule has 0 radical (unpaired) electrons. The molecule has 0 aliphatic heterocycles. The fraction of sp³-hybridized carbons (Fsp3) is 0.269. The van der Waals surface area contributed by atoms with Crippen LogP contribution in [-0.2, 0) is 29.0 Å². The van der Waals surface area contributed by atoms with E-state index in [0.717, 1.165) is 24.8 Å². The van der Waals surface area contributed by atoms with Crippen LogP contribution in [0.4, 0.5) is 0 Å². The molecular weight excluding hydrogens is 358 g/mol. The van der Waals surface area contributed by atoms with Gasteiger partial charge in [-0.2, -0.15) is 0 Å². The molecule has 0 unspecified atom stereocenters. The maximum absolute atomic E-state index is 12.7. The van der Waals surface area contributed by atoms with Gasteiger partial charge in [0.2, 0.25) is 5.91 Å². The van der Waals surface area contributed by atoms with Crippen LogP contribution in [0.2, 0.25) is 0 Å². The van der Waals surface area contributed by atoms with Gasteiger partial charge in [0.1, 0.15) is 0 Å². The molecule has 3 aromatic rings. The van der Waals surface area contributed by atoms with Crippen LogP contribution in [-0.4, -0.2) is 12.0 Å². The Hall–Kier alpha value is -2.91. The molecule has 2 atom stereocenters. The van der Waals surface area contributed by atoms with Crippen molar-refractivity contribution in [3.05, 3.63) is 107 Å². The lowest BCUT2D eigenvalue weighted by Gasteiger charge is -2.34. The monoisotopic (exact) mass is 385 g/mol. The molecule has 3 nitrogen and oxygen atoms in total. The van der Waals surface area contributed by atoms with Crippen LogP contribution >= 0.6 is 0 Å². The summed E-state index contributed by atoms with van der Waals surface area (Å²) in [5.41, 5.74) is 4.83. The van der Waals surface area contributed by atoms with Crippen LogP contribution < -0.4 is 5.32 Å². The van der Waals surface area contributed by atoms with Gasteiger partial charge in [0.25, 0.3) is 0 Å². The second kappa shape index (κ2) is 9.53. The summed E-state index contributed by atoms with van der Waals surface area (Å²) in [5, 5.41) is 3.27. The summed E-state index contributed by atoms with van der Waals surface area (Å²) in [5.74, 6) is 0.0730. The molecule has 0 heterocycles. The summed E-state index contributed by atoms with van der Waals surface area (Å²) >= 11 is 0. The molecule has 29 heavy (non-hydrogen) atoms. The largest absolute Gasteiger partial charge is 0.371 e. The first kappa shape index (κ1) is 19.4. The summed E-state index contributed by atoms with van der Waals surface area (Å²) in [4.78, 5) is 12.7. The normalized spacial score (nSPS) is 18.1. The standard InChI is InChI=1S/C26H27NO2/c28-25(18-15-20-9-3-1-4-10-20)27-26-23-14-8-7-13-22(23)16-17-24(26)29-19-21-11-5-2-6-12-21/h1-14,24,26H,15-19H2,(H,27,28)/t24-,26-/m1/s1. The Bertz CT molecular complexity index is 924. The Morgan fingerprint density at radius 1 is 0.862 bits per heavy atom. The topological polar surface area (TPSA) is 38.3 Å². The summed E-state index contributed by atoms with van der Waals surface area (Å²) < 4.78 is 6.29. The fourth-order valence-electron chi connectivity index (χ4n) is 4.01. The molecule has 148 valence electrons. The molecule has 0 spiro atoms. The van der Waals surface area contributed by atoms with Crippen LogP contribution in [0, 0.1) is 0 Å². The van der Waals surface area contributed by atoms with E-state index in [-0.39, 0.29) is 18.1 Å². The fourth-order valence-corrected chi connectivity index (χ4v) is 4.01. The van der Waals surface area contributed by atoms with E-state index >= 15 is 0 Å². The Kier molecular flexibility index (Phi) is 6.38. The van der Waals surface area contributed by atoms with Crippen molar-refractivity contribution < 1.29 is 9.53 Å². The molecule has 3 aromatic carbocycles. The van der Waals surface area contributed by atoms with E-state index in [4.69, 9.17) is 4.74 Å². The molecule has 0 fully saturated rings. The van der Waals surface area contributed by atoms with Gasteiger partial charge in [0.15, 0.2) is 0 Å². The number of ether oxygens (including phenoxy) is 1. The number of benzene rings is 3. The lowest BCUT2D eigenvalue weighted by Crippen LogP contribution is -2.40. The minimum atomic E-state index is -0.105. The van der Waals surface area contributed by atoms with Gasteiger partial charge in [0, 0.05) is 6.42 Å². The molecule has 0 saturated carbocycles. The third-order valence-electron chi connectivity index (χ3n) is 5.57. The summed E-state index contributed by atoms with van der Waals surface area (Å²) in [6.45, 7) is 0.560. The second-order valence-corrected chi connectivity index (χ2v) is 7.60. The van der Waals surface area contributed by atoms with Gasteiger partial charge in [-0.05, 0) is 41.5 Å². The Labute approximate surface area is 172 Å². The van der Waals surface area contributed by atoms with Crippen molar-refractivity contribution in [3.63, 3.8) is 0 Å². The Morgan fingerprint density at radius 2 is 1.52 bits per heavy atom. The number of carbonyl (C=O) groups excluding carboxylic acids is 1. The van der Waals surface area contributed by atoms with Gasteiger partial charge in [-0.25, -0.2) is 0 Å². The minimum Gasteiger partial charge on any atom is -0.371 e. The second-order valence-electron chi connectivity index (χ2n) is 7.60. The maximum Gasteiger partial charge on any atom is 0.220 e. The molecule has 0 aromatic heterocycles. The van der Waals surface area contributed by atoms with Crippen LogP contribution in [0.3, 0.4) is 0 Å². The van der Waals surface area contributed by atoms with Crippen LogP contribution in [0.25, 0.3) is 0 Å². The first-order chi connectivity index (χ1) is 14.3. The van der Waals surface area contributed by atoms with Crippen molar-refractivity contribution >= 4 is 5.91 Å². The van der Waals surface area contributed by atoms with Crippen molar-refractivity contribution in [3.8, 4) is 0 Å². The number of hydrogen-bond acceptors (Lipinski definition) is 2. The predicted octanol–water partition coefficient (Wildman–Crippen LogP) is 5.01. The highest BCUT2D eigenvalue weighted by Gasteiger charge is 2.31. The van der Waals surface area contributed by atoms with Crippen molar-refractivity contribution in [2.24, 2.45) is 0 Å². The third-order valence-corrected chi connectivity index (χ3v) is 5.57. The number of aryl methyl sites for hydroxylation is 2. The van der Waals surface area contributed by atoms with Gasteiger partial charge in [-0.1, -0.05) is 84.9 Å². The van der Waals surface area contributed by atoms with E-state index in [1.807, 2.05) is 42.5 Å². The lowest BCUT2D eigenvalue weighted by molar-refractivity contribution is -0.123. The minimum absolute atomic E-state index is 0.0224. The number of nitrogens with one attached hydrogen (secondary N) is 1. The number of amides is 1. The highest BCUT2D eigenvalue weighted by atomic mass is 16.5. The van der Waals surface area contributed by atoms with E-state index in [9.17, 15) is 4.79 Å². The van der Waals surface area contributed by atoms with Gasteiger partial charge in [-0.15, -0.1) is 0 Å². The van der Waals surface area contributed by atoms with E-state index in [0.29, 0.717) is 13.0 Å². The highest BCUT2D eigenvalue weighted by Crippen LogP contribution is 2.32. The first-order valence-electron chi connectivity index (χ1n) is 10.4. The van der Waals surface area contributed by atoms with Crippen molar-refractivity contribution in [2.75, 3.05) is 0 Å². The summed E-state index contributed by atoms with van der Waals surface area (Å²) in [6.07, 6.45) is 3.09. The summed E-state index contributed by atoms with van der Waals surface area (Å²) in [7, 11) is 0. The predicted molar refractivity (Wildman–Crippen MR) is 115 cm³/mol. The van der Waals surface area contributed by atoms with Crippen LogP contribution in [0.15, 0.2) is 84.9 Å². The molecule has 4 rings (SSSR count). The molecule has 1 N–H and O–H groups in total. The van der Waals surface area contributed by atoms with E-state index in [2.05, 4.69) is 47.8 Å². The quantitative estimate of drug-likeness (QED) is 0.621. The molecule has 0 saturated heterocycles. The number of hydrogen-bond donors (Lipinski definition) is 1. The first-order valence-corrected chi connectivity index (χ1v) is 10.4. The molecule has 0 bridgehead atoms. The lowest BCUT2D eigenvalue weighted by atomic mass is 9.85. The molecule has 3 heteroatoms. The van der Waals surface area contributed by atoms with Gasteiger partial charge >= 0.3 is 0 Å². The van der Waals surface area contributed by atoms with Gasteiger partial charge in [-0.3, -0.25) is 4.79 Å². The zero-order valence-corrected chi connectivity index (χ0v) is 16.6. The average Bonchev–Trinajstić information content (AvgIpc) is 2.78. The Balaban J connectivity index is 1.44. The third kappa shape index (κ3) is 5.12. The van der Waals surface area contributed by atoms with Crippen molar-refractivity contribution in [2.45, 2.75) is 44.4 Å². The van der Waals surface area contributed by atoms with Gasteiger partial charge in [0.05, 0.1) is 18.8 Å². The average molecular weight is 386 g/mol. The molecule has 1 aliphatic carbocycles. The van der Waals surface area contributed by atoms with Gasteiger partial charge < -0.3 is 10.1 Å². The Morgan fingerprint density at radius 3 is 2.28 bits per heavy atom. The van der Waals surface area contributed by atoms with E-state index in [1.54, 1.807) is 0 Å². The number of fused-ring (bicyclic) bond motifs is 1. The number of carbonyl (C=O) groups is 1. The summed E-state index contributed by atoms with van der Waals surface area (Å²) in [6, 6.07) is 28.6. The molecular formula is C26H27NO2. The smallest absolute Gasteiger partial charge is 0.220 e. The highest BCUT2D eigenvalue weighted by molar-refractivity contribution is 5.77. The SMILES string of the molecule is O=C(CCc1ccccc1)N[C@@H]1c2ccccc2CC[C@H]1OCc1ccccc1. The molecule has 1 aliphatic rings. The zero-order valence-electron chi connectivity index (χ0n) is 16.6. The van der Waals surface area contributed by atoms with E-state index < -0.39 is 0 Å².